The number of guanidine groups is 1. The molecule has 0 unspecified atom stereocenters. The Balaban J connectivity index is 0.00000338. The minimum Gasteiger partial charge on any atom is -0.497 e. The Labute approximate surface area is 177 Å². The summed E-state index contributed by atoms with van der Waals surface area (Å²) in [6.07, 6.45) is 2.60. The molecule has 2 aromatic rings. The molecule has 0 aliphatic carbocycles. The van der Waals surface area contributed by atoms with Crippen LogP contribution in [0.15, 0.2) is 41.5 Å². The van der Waals surface area contributed by atoms with E-state index < -0.39 is 0 Å². The summed E-state index contributed by atoms with van der Waals surface area (Å²) in [6, 6.07) is 9.73. The number of pyridine rings is 1. The third-order valence-corrected chi connectivity index (χ3v) is 4.15. The summed E-state index contributed by atoms with van der Waals surface area (Å²) >= 11 is 6.28. The molecule has 1 heterocycles. The molecule has 0 saturated carbocycles. The van der Waals surface area contributed by atoms with E-state index in [4.69, 9.17) is 16.3 Å². The Morgan fingerprint density at radius 3 is 2.73 bits per heavy atom. The summed E-state index contributed by atoms with van der Waals surface area (Å²) in [4.78, 5) is 8.98. The summed E-state index contributed by atoms with van der Waals surface area (Å²) in [5, 5.41) is 7.30. The molecule has 142 valence electrons. The van der Waals surface area contributed by atoms with Gasteiger partial charge in [-0.15, -0.1) is 24.0 Å². The second kappa shape index (κ2) is 12.0. The molecule has 1 aromatic carbocycles. The zero-order chi connectivity index (χ0) is 18.1. The predicted molar refractivity (Wildman–Crippen MR) is 119 cm³/mol. The lowest BCUT2D eigenvalue weighted by atomic mass is 10.1. The first-order valence-electron chi connectivity index (χ1n) is 8.39. The van der Waals surface area contributed by atoms with Crippen LogP contribution in [0.4, 0.5) is 0 Å². The Bertz CT molecular complexity index is 724. The fourth-order valence-electron chi connectivity index (χ4n) is 2.35. The highest BCUT2D eigenvalue weighted by Gasteiger charge is 2.04. The van der Waals surface area contributed by atoms with Crippen LogP contribution in [-0.2, 0) is 13.0 Å². The first-order valence-corrected chi connectivity index (χ1v) is 8.77. The average Bonchev–Trinajstić information content (AvgIpc) is 2.62. The van der Waals surface area contributed by atoms with E-state index in [1.165, 1.54) is 0 Å². The number of hydrogen-bond donors (Lipinski definition) is 2. The van der Waals surface area contributed by atoms with Gasteiger partial charge in [0, 0.05) is 24.3 Å². The van der Waals surface area contributed by atoms with Gasteiger partial charge < -0.3 is 15.4 Å². The van der Waals surface area contributed by atoms with Crippen molar-refractivity contribution in [1.82, 2.24) is 15.6 Å². The average molecular weight is 489 g/mol. The molecule has 7 heteroatoms. The number of aromatic nitrogens is 1. The van der Waals surface area contributed by atoms with Gasteiger partial charge in [0.15, 0.2) is 5.96 Å². The molecule has 0 saturated heterocycles. The number of methoxy groups -OCH3 is 1. The molecule has 0 spiro atoms. The van der Waals surface area contributed by atoms with Crippen molar-refractivity contribution in [2.75, 3.05) is 20.2 Å². The molecule has 5 nitrogen and oxygen atoms in total. The maximum Gasteiger partial charge on any atom is 0.191 e. The quantitative estimate of drug-likeness (QED) is 0.352. The van der Waals surface area contributed by atoms with Crippen molar-refractivity contribution in [2.24, 2.45) is 4.99 Å². The van der Waals surface area contributed by atoms with E-state index in [1.807, 2.05) is 44.2 Å². The highest BCUT2D eigenvalue weighted by atomic mass is 127. The summed E-state index contributed by atoms with van der Waals surface area (Å²) in [5.74, 6) is 1.54. The number of aliphatic imine (C=N–C) groups is 1. The van der Waals surface area contributed by atoms with Crippen LogP contribution >= 0.6 is 35.6 Å². The Kier molecular flexibility index (Phi) is 10.3. The monoisotopic (exact) mass is 488 g/mol. The number of ether oxygens (including phenoxy) is 1. The number of hydrogen-bond acceptors (Lipinski definition) is 3. The van der Waals surface area contributed by atoms with Gasteiger partial charge in [-0.2, -0.15) is 0 Å². The third kappa shape index (κ3) is 6.99. The first-order chi connectivity index (χ1) is 12.1. The topological polar surface area (TPSA) is 58.5 Å². The Morgan fingerprint density at radius 1 is 1.27 bits per heavy atom. The van der Waals surface area contributed by atoms with Crippen molar-refractivity contribution < 1.29 is 4.74 Å². The number of nitrogens with one attached hydrogen (secondary N) is 2. The van der Waals surface area contributed by atoms with Crippen LogP contribution in [0.5, 0.6) is 5.75 Å². The first kappa shape index (κ1) is 22.5. The number of halogens is 2. The van der Waals surface area contributed by atoms with Crippen LogP contribution in [0.3, 0.4) is 0 Å². The van der Waals surface area contributed by atoms with Crippen molar-refractivity contribution >= 4 is 41.5 Å². The van der Waals surface area contributed by atoms with Gasteiger partial charge in [-0.3, -0.25) is 4.98 Å². The molecule has 0 radical (unpaired) electrons. The standard InChI is InChI=1S/C19H25ClN4O.HI/c1-4-21-19(24-13-18-14(2)6-5-10-22-18)23-11-9-15-7-8-16(25-3)12-17(15)20;/h5-8,10,12H,4,9,11,13H2,1-3H3,(H2,21,23,24);1H. The van der Waals surface area contributed by atoms with Gasteiger partial charge in [0.05, 0.1) is 19.3 Å². The molecule has 0 fully saturated rings. The largest absolute Gasteiger partial charge is 0.497 e. The lowest BCUT2D eigenvalue weighted by Crippen LogP contribution is -2.38. The third-order valence-electron chi connectivity index (χ3n) is 3.80. The van der Waals surface area contributed by atoms with Crippen LogP contribution in [0.25, 0.3) is 0 Å². The van der Waals surface area contributed by atoms with E-state index in [9.17, 15) is 0 Å². The molecule has 0 atom stereocenters. The smallest absolute Gasteiger partial charge is 0.191 e. The number of nitrogens with zero attached hydrogens (tertiary/aromatic N) is 2. The van der Waals surface area contributed by atoms with Gasteiger partial charge in [0.1, 0.15) is 5.75 Å². The summed E-state index contributed by atoms with van der Waals surface area (Å²) in [5.41, 5.74) is 3.21. The fraction of sp³-hybridized carbons (Fsp3) is 0.368. The van der Waals surface area contributed by atoms with Crippen LogP contribution < -0.4 is 15.4 Å². The summed E-state index contributed by atoms with van der Waals surface area (Å²) in [7, 11) is 1.63. The highest BCUT2D eigenvalue weighted by Crippen LogP contribution is 2.22. The Hall–Kier alpha value is -1.54. The molecule has 26 heavy (non-hydrogen) atoms. The minimum atomic E-state index is 0. The van der Waals surface area contributed by atoms with Gasteiger partial charge in [-0.1, -0.05) is 23.7 Å². The van der Waals surface area contributed by atoms with E-state index >= 15 is 0 Å². The van der Waals surface area contributed by atoms with Gasteiger partial charge in [0.25, 0.3) is 0 Å². The number of aryl methyl sites for hydroxylation is 1. The van der Waals surface area contributed by atoms with Gasteiger partial charge in [-0.25, -0.2) is 4.99 Å². The molecule has 0 aliphatic rings. The van der Waals surface area contributed by atoms with Crippen molar-refractivity contribution in [1.29, 1.82) is 0 Å². The van der Waals surface area contributed by atoms with E-state index in [0.29, 0.717) is 11.6 Å². The van der Waals surface area contributed by atoms with Crippen LogP contribution in [-0.4, -0.2) is 31.1 Å². The van der Waals surface area contributed by atoms with Crippen molar-refractivity contribution in [2.45, 2.75) is 26.8 Å². The van der Waals surface area contributed by atoms with Crippen molar-refractivity contribution in [3.05, 3.63) is 58.4 Å². The number of rotatable bonds is 7. The van der Waals surface area contributed by atoms with E-state index in [1.54, 1.807) is 13.3 Å². The van der Waals surface area contributed by atoms with Gasteiger partial charge >= 0.3 is 0 Å². The fourth-order valence-corrected chi connectivity index (χ4v) is 2.62. The summed E-state index contributed by atoms with van der Waals surface area (Å²) in [6.45, 7) is 6.17. The van der Waals surface area contributed by atoms with Crippen LogP contribution in [0, 0.1) is 6.92 Å². The second-order valence-electron chi connectivity index (χ2n) is 5.60. The molecule has 0 aliphatic heterocycles. The van der Waals surface area contributed by atoms with Crippen molar-refractivity contribution in [3.63, 3.8) is 0 Å². The highest BCUT2D eigenvalue weighted by molar-refractivity contribution is 14.0. The van der Waals surface area contributed by atoms with Crippen LogP contribution in [0.2, 0.25) is 5.02 Å². The van der Waals surface area contributed by atoms with E-state index in [-0.39, 0.29) is 24.0 Å². The molecular formula is C19H26ClIN4O. The lowest BCUT2D eigenvalue weighted by Gasteiger charge is -2.12. The Morgan fingerprint density at radius 2 is 2.08 bits per heavy atom. The van der Waals surface area contributed by atoms with Crippen LogP contribution in [0.1, 0.15) is 23.7 Å². The molecule has 2 rings (SSSR count). The molecule has 2 N–H and O–H groups in total. The molecule has 1 aromatic heterocycles. The van der Waals surface area contributed by atoms with E-state index in [0.717, 1.165) is 48.0 Å². The normalized spacial score (nSPS) is 10.8. The molecule has 0 amide bonds. The zero-order valence-electron chi connectivity index (χ0n) is 15.4. The molecule has 0 bridgehead atoms. The maximum absolute atomic E-state index is 6.28. The van der Waals surface area contributed by atoms with Gasteiger partial charge in [-0.05, 0) is 49.6 Å². The van der Waals surface area contributed by atoms with Gasteiger partial charge in [0.2, 0.25) is 0 Å². The zero-order valence-corrected chi connectivity index (χ0v) is 18.5. The summed E-state index contributed by atoms with van der Waals surface area (Å²) < 4.78 is 5.17. The van der Waals surface area contributed by atoms with E-state index in [2.05, 4.69) is 20.6 Å². The SMILES string of the molecule is CCNC(=NCc1ncccc1C)NCCc1ccc(OC)cc1Cl.I. The lowest BCUT2D eigenvalue weighted by molar-refractivity contribution is 0.414. The predicted octanol–water partition coefficient (Wildman–Crippen LogP) is 3.97. The molecular weight excluding hydrogens is 463 g/mol. The van der Waals surface area contributed by atoms with Crippen molar-refractivity contribution in [3.8, 4) is 5.75 Å². The number of benzene rings is 1. The maximum atomic E-state index is 6.28. The minimum absolute atomic E-state index is 0. The second-order valence-corrected chi connectivity index (χ2v) is 6.00.